The van der Waals surface area contributed by atoms with Crippen LogP contribution in [-0.2, 0) is 13.2 Å². The number of hydrogen-bond donors (Lipinski definition) is 0. The first kappa shape index (κ1) is 20.5. The highest BCUT2D eigenvalue weighted by atomic mass is 16.5. The minimum Gasteiger partial charge on any atom is -0.489 e. The first-order valence-corrected chi connectivity index (χ1v) is 10.7. The summed E-state index contributed by atoms with van der Waals surface area (Å²) in [6, 6.07) is 35.4. The van der Waals surface area contributed by atoms with E-state index >= 15 is 0 Å². The van der Waals surface area contributed by atoms with E-state index < -0.39 is 0 Å². The van der Waals surface area contributed by atoms with Crippen LogP contribution >= 0.6 is 0 Å². The second-order valence-electron chi connectivity index (χ2n) is 7.52. The molecule has 0 unspecified atom stereocenters. The molecule has 33 heavy (non-hydrogen) atoms. The van der Waals surface area contributed by atoms with Crippen LogP contribution in [0.3, 0.4) is 0 Å². The Morgan fingerprint density at radius 1 is 0.545 bits per heavy atom. The summed E-state index contributed by atoms with van der Waals surface area (Å²) >= 11 is 0. The molecule has 0 amide bonds. The van der Waals surface area contributed by atoms with E-state index in [1.807, 2.05) is 109 Å². The maximum Gasteiger partial charge on any atom is 0.258 e. The first-order chi connectivity index (χ1) is 16.3. The van der Waals surface area contributed by atoms with Crippen molar-refractivity contribution in [2.45, 2.75) is 13.2 Å². The second-order valence-corrected chi connectivity index (χ2v) is 7.52. The Bertz CT molecular complexity index is 1180. The van der Waals surface area contributed by atoms with Gasteiger partial charge < -0.3 is 14.0 Å². The van der Waals surface area contributed by atoms with E-state index in [1.165, 1.54) is 0 Å². The van der Waals surface area contributed by atoms with Gasteiger partial charge in [0.15, 0.2) is 0 Å². The third-order valence-corrected chi connectivity index (χ3v) is 5.14. The van der Waals surface area contributed by atoms with Gasteiger partial charge in [0, 0.05) is 11.1 Å². The predicted octanol–water partition coefficient (Wildman–Crippen LogP) is 6.56. The second kappa shape index (κ2) is 9.83. The Balaban J connectivity index is 1.20. The zero-order valence-corrected chi connectivity index (χ0v) is 17.9. The van der Waals surface area contributed by atoms with Crippen LogP contribution in [0.15, 0.2) is 114 Å². The molecule has 0 bridgehead atoms. The van der Waals surface area contributed by atoms with Crippen molar-refractivity contribution >= 4 is 0 Å². The summed E-state index contributed by atoms with van der Waals surface area (Å²) in [4.78, 5) is 4.54. The summed E-state index contributed by atoms with van der Waals surface area (Å²) in [6.45, 7) is 1.05. The highest BCUT2D eigenvalue weighted by molar-refractivity contribution is 5.61. The van der Waals surface area contributed by atoms with Gasteiger partial charge in [-0.1, -0.05) is 65.8 Å². The summed E-state index contributed by atoms with van der Waals surface area (Å²) in [7, 11) is 0. The minimum absolute atomic E-state index is 0.462. The number of rotatable bonds is 8. The summed E-state index contributed by atoms with van der Waals surface area (Å²) < 4.78 is 17.2. The number of nitrogens with zero attached hydrogens (tertiary/aromatic N) is 2. The van der Waals surface area contributed by atoms with E-state index in [1.54, 1.807) is 0 Å². The van der Waals surface area contributed by atoms with Crippen molar-refractivity contribution in [3.63, 3.8) is 0 Å². The quantitative estimate of drug-likeness (QED) is 0.277. The predicted molar refractivity (Wildman–Crippen MR) is 127 cm³/mol. The largest absolute Gasteiger partial charge is 0.489 e. The Morgan fingerprint density at radius 3 is 1.55 bits per heavy atom. The molecular weight excluding hydrogens is 412 g/mol. The molecule has 5 rings (SSSR count). The average Bonchev–Trinajstić information content (AvgIpc) is 3.38. The fraction of sp³-hybridized carbons (Fsp3) is 0.0714. The molecule has 0 radical (unpaired) electrons. The van der Waals surface area contributed by atoms with Crippen LogP contribution in [0.1, 0.15) is 11.1 Å². The number of ether oxygens (including phenoxy) is 2. The van der Waals surface area contributed by atoms with E-state index in [2.05, 4.69) is 10.1 Å². The SMILES string of the molecule is c1ccc(COc2ccc(-c3noc(-c4ccc(OCc5ccccc5)cc4)n3)cc2)cc1. The molecule has 0 aliphatic heterocycles. The zero-order valence-electron chi connectivity index (χ0n) is 17.9. The molecule has 5 nitrogen and oxygen atoms in total. The Hall–Kier alpha value is -4.38. The van der Waals surface area contributed by atoms with Crippen molar-refractivity contribution in [1.29, 1.82) is 0 Å². The van der Waals surface area contributed by atoms with Gasteiger partial charge in [0.05, 0.1) is 0 Å². The molecule has 0 saturated heterocycles. The molecule has 1 aromatic heterocycles. The molecule has 162 valence electrons. The van der Waals surface area contributed by atoms with E-state index in [4.69, 9.17) is 14.0 Å². The van der Waals surface area contributed by atoms with Crippen molar-refractivity contribution in [3.8, 4) is 34.3 Å². The number of benzene rings is 4. The molecule has 4 aromatic carbocycles. The lowest BCUT2D eigenvalue weighted by Gasteiger charge is -2.06. The third-order valence-electron chi connectivity index (χ3n) is 5.14. The Kier molecular flexibility index (Phi) is 6.11. The van der Waals surface area contributed by atoms with Crippen molar-refractivity contribution < 1.29 is 14.0 Å². The third kappa shape index (κ3) is 5.28. The maximum absolute atomic E-state index is 5.84. The first-order valence-electron chi connectivity index (χ1n) is 10.7. The van der Waals surface area contributed by atoms with Crippen molar-refractivity contribution in [3.05, 3.63) is 120 Å². The molecule has 0 fully saturated rings. The van der Waals surface area contributed by atoms with Crippen LogP contribution in [0.25, 0.3) is 22.8 Å². The van der Waals surface area contributed by atoms with Crippen molar-refractivity contribution in [1.82, 2.24) is 10.1 Å². The lowest BCUT2D eigenvalue weighted by Crippen LogP contribution is -1.94. The fourth-order valence-electron chi connectivity index (χ4n) is 3.33. The summed E-state index contributed by atoms with van der Waals surface area (Å²) in [5.74, 6) is 2.57. The van der Waals surface area contributed by atoms with Gasteiger partial charge in [0.2, 0.25) is 5.82 Å². The molecule has 0 N–H and O–H groups in total. The molecule has 0 aliphatic carbocycles. The summed E-state index contributed by atoms with van der Waals surface area (Å²) in [6.07, 6.45) is 0. The van der Waals surface area contributed by atoms with Gasteiger partial charge in [-0.15, -0.1) is 0 Å². The smallest absolute Gasteiger partial charge is 0.258 e. The summed E-state index contributed by atoms with van der Waals surface area (Å²) in [5, 5.41) is 4.13. The average molecular weight is 434 g/mol. The number of aromatic nitrogens is 2. The van der Waals surface area contributed by atoms with E-state index in [-0.39, 0.29) is 0 Å². The van der Waals surface area contributed by atoms with Crippen LogP contribution in [0.4, 0.5) is 0 Å². The van der Waals surface area contributed by atoms with Crippen molar-refractivity contribution in [2.24, 2.45) is 0 Å². The Morgan fingerprint density at radius 2 is 1.03 bits per heavy atom. The van der Waals surface area contributed by atoms with E-state index in [9.17, 15) is 0 Å². The highest BCUT2D eigenvalue weighted by Gasteiger charge is 2.11. The minimum atomic E-state index is 0.462. The van der Waals surface area contributed by atoms with Gasteiger partial charge in [-0.25, -0.2) is 0 Å². The van der Waals surface area contributed by atoms with Crippen molar-refractivity contribution in [2.75, 3.05) is 0 Å². The molecule has 0 saturated carbocycles. The Labute approximate surface area is 192 Å². The molecule has 1 heterocycles. The van der Waals surface area contributed by atoms with Crippen LogP contribution in [0.2, 0.25) is 0 Å². The van der Waals surface area contributed by atoms with E-state index in [0.717, 1.165) is 33.8 Å². The monoisotopic (exact) mass is 434 g/mol. The molecule has 5 heteroatoms. The van der Waals surface area contributed by atoms with Gasteiger partial charge in [-0.3, -0.25) is 0 Å². The van der Waals surface area contributed by atoms with Gasteiger partial charge in [-0.05, 0) is 59.7 Å². The molecule has 5 aromatic rings. The topological polar surface area (TPSA) is 57.4 Å². The molecule has 0 aliphatic rings. The lowest BCUT2D eigenvalue weighted by molar-refractivity contribution is 0.306. The van der Waals surface area contributed by atoms with Gasteiger partial charge in [0.1, 0.15) is 24.7 Å². The maximum atomic E-state index is 5.84. The van der Waals surface area contributed by atoms with Crippen LogP contribution < -0.4 is 9.47 Å². The highest BCUT2D eigenvalue weighted by Crippen LogP contribution is 2.26. The zero-order chi connectivity index (χ0) is 22.3. The summed E-state index contributed by atoms with van der Waals surface area (Å²) in [5.41, 5.74) is 3.95. The fourth-order valence-corrected chi connectivity index (χ4v) is 3.33. The standard InChI is InChI=1S/C28H22N2O3/c1-3-7-21(8-4-1)19-31-25-15-11-23(12-16-25)27-29-28(33-30-27)24-13-17-26(18-14-24)32-20-22-9-5-2-6-10-22/h1-18H,19-20H2. The molecule has 0 atom stereocenters. The number of hydrogen-bond acceptors (Lipinski definition) is 5. The molecular formula is C28H22N2O3. The van der Waals surface area contributed by atoms with Gasteiger partial charge in [-0.2, -0.15) is 4.98 Å². The molecule has 0 spiro atoms. The van der Waals surface area contributed by atoms with Gasteiger partial charge in [0.25, 0.3) is 5.89 Å². The van der Waals surface area contributed by atoms with Gasteiger partial charge >= 0.3 is 0 Å². The lowest BCUT2D eigenvalue weighted by atomic mass is 10.2. The van der Waals surface area contributed by atoms with Crippen LogP contribution in [0, 0.1) is 0 Å². The van der Waals surface area contributed by atoms with Crippen LogP contribution in [-0.4, -0.2) is 10.1 Å². The van der Waals surface area contributed by atoms with Crippen LogP contribution in [0.5, 0.6) is 11.5 Å². The normalized spacial score (nSPS) is 10.7. The van der Waals surface area contributed by atoms with E-state index in [0.29, 0.717) is 24.9 Å².